The van der Waals surface area contributed by atoms with Gasteiger partial charge in [0.15, 0.2) is 17.3 Å². The summed E-state index contributed by atoms with van der Waals surface area (Å²) in [7, 11) is 0. The quantitative estimate of drug-likeness (QED) is 0.609. The molecule has 1 rings (SSSR count). The molecule has 7 heteroatoms. The third-order valence-electron chi connectivity index (χ3n) is 2.01. The van der Waals surface area contributed by atoms with E-state index >= 15 is 0 Å². The molecule has 18 heavy (non-hydrogen) atoms. The number of ketones is 1. The number of alkyl halides is 3. The second-order valence-electron chi connectivity index (χ2n) is 3.36. The highest BCUT2D eigenvalue weighted by Crippen LogP contribution is 2.26. The highest BCUT2D eigenvalue weighted by atomic mass is 32.2. The first-order chi connectivity index (χ1) is 8.33. The van der Waals surface area contributed by atoms with E-state index in [0.717, 1.165) is 18.2 Å². The Balaban J connectivity index is 2.82. The number of halogens is 4. The van der Waals surface area contributed by atoms with Crippen molar-refractivity contribution in [3.8, 4) is 5.75 Å². The number of carbonyl (C=O) groups excluding carboxylic acids is 1. The summed E-state index contributed by atoms with van der Waals surface area (Å²) < 4.78 is 52.4. The number of thioether (sulfide) groups is 1. The summed E-state index contributed by atoms with van der Waals surface area (Å²) in [5.41, 5.74) is 0.0380. The fourth-order valence-corrected chi connectivity index (χ4v) is 1.61. The number of rotatable bonds is 5. The van der Waals surface area contributed by atoms with Crippen molar-refractivity contribution in [1.29, 1.82) is 0 Å². The van der Waals surface area contributed by atoms with Crippen molar-refractivity contribution in [2.45, 2.75) is 12.8 Å². The molecule has 1 aromatic rings. The van der Waals surface area contributed by atoms with Gasteiger partial charge in [0, 0.05) is 17.7 Å². The van der Waals surface area contributed by atoms with Crippen molar-refractivity contribution in [2.75, 3.05) is 12.0 Å². The minimum atomic E-state index is -4.95. The third kappa shape index (κ3) is 4.56. The second kappa shape index (κ2) is 6.08. The number of ether oxygens (including phenoxy) is 1. The maximum atomic E-state index is 13.3. The van der Waals surface area contributed by atoms with E-state index in [2.05, 4.69) is 4.74 Å². The van der Waals surface area contributed by atoms with Gasteiger partial charge in [0.05, 0.1) is 0 Å². The Labute approximate surface area is 105 Å². The first kappa shape index (κ1) is 14.8. The Morgan fingerprint density at radius 2 is 2.06 bits per heavy atom. The van der Waals surface area contributed by atoms with Crippen molar-refractivity contribution < 1.29 is 27.1 Å². The minimum absolute atomic E-state index is 0.0380. The summed E-state index contributed by atoms with van der Waals surface area (Å²) in [6.07, 6.45) is -2.93. The van der Waals surface area contributed by atoms with Gasteiger partial charge in [0.25, 0.3) is 0 Å². The molecule has 1 aromatic carbocycles. The van der Waals surface area contributed by atoms with Gasteiger partial charge in [-0.25, -0.2) is 4.39 Å². The molecule has 0 amide bonds. The van der Waals surface area contributed by atoms with E-state index in [-0.39, 0.29) is 17.8 Å². The molecule has 0 radical (unpaired) electrons. The highest BCUT2D eigenvalue weighted by molar-refractivity contribution is 7.98. The summed E-state index contributed by atoms with van der Waals surface area (Å²) in [5, 5.41) is 0. The summed E-state index contributed by atoms with van der Waals surface area (Å²) >= 11 is 1.45. The smallest absolute Gasteiger partial charge is 0.403 e. The molecule has 2 nitrogen and oxygen atoms in total. The highest BCUT2D eigenvalue weighted by Gasteiger charge is 2.32. The molecule has 0 saturated heterocycles. The first-order valence-electron chi connectivity index (χ1n) is 4.91. The number of hydrogen-bond donors (Lipinski definition) is 0. The standard InChI is InChI=1S/C11H10F4O2S/c1-18-5-4-9(16)7-2-3-10(8(12)6-7)17-11(13,14)15/h2-3,6H,4-5H2,1H3. The van der Waals surface area contributed by atoms with Crippen LogP contribution in [0.4, 0.5) is 17.6 Å². The van der Waals surface area contributed by atoms with Crippen LogP contribution in [0.25, 0.3) is 0 Å². The molecule has 0 aliphatic rings. The van der Waals surface area contributed by atoms with Crippen molar-refractivity contribution in [3.05, 3.63) is 29.6 Å². The largest absolute Gasteiger partial charge is 0.573 e. The molecule has 0 saturated carbocycles. The molecule has 0 aliphatic heterocycles. The van der Waals surface area contributed by atoms with E-state index in [1.165, 1.54) is 11.8 Å². The van der Waals surface area contributed by atoms with Gasteiger partial charge in [-0.2, -0.15) is 11.8 Å². The maximum absolute atomic E-state index is 13.3. The normalized spacial score (nSPS) is 11.4. The zero-order valence-corrected chi connectivity index (χ0v) is 10.2. The Kier molecular flexibility index (Phi) is 5.01. The SMILES string of the molecule is CSCCC(=O)c1ccc(OC(F)(F)F)c(F)c1. The van der Waals surface area contributed by atoms with Gasteiger partial charge in [-0.05, 0) is 24.5 Å². The topological polar surface area (TPSA) is 26.3 Å². The molecule has 0 N–H and O–H groups in total. The van der Waals surface area contributed by atoms with Gasteiger partial charge in [-0.15, -0.1) is 13.2 Å². The zero-order chi connectivity index (χ0) is 13.8. The van der Waals surface area contributed by atoms with Crippen LogP contribution in [0, 0.1) is 5.82 Å². The van der Waals surface area contributed by atoms with E-state index in [1.54, 1.807) is 0 Å². The van der Waals surface area contributed by atoms with Crippen LogP contribution >= 0.6 is 11.8 Å². The molecule has 0 spiro atoms. The van der Waals surface area contributed by atoms with Crippen LogP contribution in [0.15, 0.2) is 18.2 Å². The average Bonchev–Trinajstić information content (AvgIpc) is 2.27. The third-order valence-corrected chi connectivity index (χ3v) is 2.63. The van der Waals surface area contributed by atoms with E-state index in [9.17, 15) is 22.4 Å². The summed E-state index contributed by atoms with van der Waals surface area (Å²) in [5.74, 6) is -1.89. The molecule has 0 heterocycles. The van der Waals surface area contributed by atoms with Crippen LogP contribution in [0.5, 0.6) is 5.75 Å². The van der Waals surface area contributed by atoms with Crippen molar-refractivity contribution in [3.63, 3.8) is 0 Å². The first-order valence-corrected chi connectivity index (χ1v) is 6.30. The lowest BCUT2D eigenvalue weighted by Gasteiger charge is -2.10. The van der Waals surface area contributed by atoms with Crippen LogP contribution in [0.1, 0.15) is 16.8 Å². The van der Waals surface area contributed by atoms with Crippen LogP contribution in [0.2, 0.25) is 0 Å². The van der Waals surface area contributed by atoms with Gasteiger partial charge in [0.2, 0.25) is 0 Å². The van der Waals surface area contributed by atoms with Crippen molar-refractivity contribution in [2.24, 2.45) is 0 Å². The molecule has 100 valence electrons. The van der Waals surface area contributed by atoms with Crippen LogP contribution < -0.4 is 4.74 Å². The number of benzene rings is 1. The summed E-state index contributed by atoms with van der Waals surface area (Å²) in [6.45, 7) is 0. The van der Waals surface area contributed by atoms with Gasteiger partial charge in [-0.1, -0.05) is 0 Å². The fourth-order valence-electron chi connectivity index (χ4n) is 1.22. The Morgan fingerprint density at radius 3 is 2.56 bits per heavy atom. The lowest BCUT2D eigenvalue weighted by Crippen LogP contribution is -2.18. The van der Waals surface area contributed by atoms with Crippen LogP contribution in [-0.4, -0.2) is 24.2 Å². The molecule has 0 bridgehead atoms. The lowest BCUT2D eigenvalue weighted by atomic mass is 10.1. The van der Waals surface area contributed by atoms with Crippen molar-refractivity contribution >= 4 is 17.5 Å². The lowest BCUT2D eigenvalue weighted by molar-refractivity contribution is -0.275. The van der Waals surface area contributed by atoms with E-state index < -0.39 is 17.9 Å². The average molecular weight is 282 g/mol. The molecule has 0 aliphatic carbocycles. The summed E-state index contributed by atoms with van der Waals surface area (Å²) in [4.78, 5) is 11.5. The molecule has 0 unspecified atom stereocenters. The van der Waals surface area contributed by atoms with Gasteiger partial charge >= 0.3 is 6.36 Å². The maximum Gasteiger partial charge on any atom is 0.573 e. The molecule has 0 fully saturated rings. The fraction of sp³-hybridized carbons (Fsp3) is 0.364. The van der Waals surface area contributed by atoms with Crippen molar-refractivity contribution in [1.82, 2.24) is 0 Å². The molecular weight excluding hydrogens is 272 g/mol. The van der Waals surface area contributed by atoms with E-state index in [1.807, 2.05) is 6.26 Å². The molecule has 0 atom stereocenters. The minimum Gasteiger partial charge on any atom is -0.403 e. The van der Waals surface area contributed by atoms with Gasteiger partial charge in [0.1, 0.15) is 0 Å². The van der Waals surface area contributed by atoms with Crippen LogP contribution in [0.3, 0.4) is 0 Å². The predicted octanol–water partition coefficient (Wildman–Crippen LogP) is 3.66. The van der Waals surface area contributed by atoms with Gasteiger partial charge in [-0.3, -0.25) is 4.79 Å². The second-order valence-corrected chi connectivity index (χ2v) is 4.34. The number of Topliss-reactive ketones (excluding diaryl/α,β-unsaturated/α-hetero) is 1. The predicted molar refractivity (Wildman–Crippen MR) is 60.4 cm³/mol. The molecule has 0 aromatic heterocycles. The van der Waals surface area contributed by atoms with Crippen LogP contribution in [-0.2, 0) is 0 Å². The van der Waals surface area contributed by atoms with E-state index in [4.69, 9.17) is 0 Å². The zero-order valence-electron chi connectivity index (χ0n) is 9.38. The monoisotopic (exact) mass is 282 g/mol. The summed E-state index contributed by atoms with van der Waals surface area (Å²) in [6, 6.07) is 2.67. The Hall–Kier alpha value is -1.24. The Bertz CT molecular complexity index is 432. The number of carbonyl (C=O) groups is 1. The molecular formula is C11H10F4O2S. The van der Waals surface area contributed by atoms with Gasteiger partial charge < -0.3 is 4.74 Å². The van der Waals surface area contributed by atoms with E-state index in [0.29, 0.717) is 5.75 Å². The number of hydrogen-bond acceptors (Lipinski definition) is 3. The Morgan fingerprint density at radius 1 is 1.39 bits per heavy atom.